The first-order chi connectivity index (χ1) is 6.86. The van der Waals surface area contributed by atoms with Crippen molar-refractivity contribution in [2.45, 2.75) is 20.0 Å². The maximum atomic E-state index is 8.57. The standard InChI is InChI=1S/C11H12N2O/c1-2-7-13-14-9-11-5-3-10(8-12)4-6-11/h3-7H,2,9H2,1H3. The van der Waals surface area contributed by atoms with E-state index in [4.69, 9.17) is 10.1 Å². The molecule has 0 N–H and O–H groups in total. The Morgan fingerprint density at radius 1 is 1.43 bits per heavy atom. The second kappa shape index (κ2) is 5.76. The summed E-state index contributed by atoms with van der Waals surface area (Å²) < 4.78 is 0. The Morgan fingerprint density at radius 2 is 2.14 bits per heavy atom. The van der Waals surface area contributed by atoms with Gasteiger partial charge in [-0.1, -0.05) is 24.2 Å². The molecule has 0 spiro atoms. The summed E-state index contributed by atoms with van der Waals surface area (Å²) in [6.07, 6.45) is 2.58. The summed E-state index contributed by atoms with van der Waals surface area (Å²) in [6, 6.07) is 9.31. The first kappa shape index (κ1) is 10.3. The quantitative estimate of drug-likeness (QED) is 0.538. The van der Waals surface area contributed by atoms with Gasteiger partial charge >= 0.3 is 0 Å². The Labute approximate surface area is 83.6 Å². The van der Waals surface area contributed by atoms with Crippen molar-refractivity contribution in [1.29, 1.82) is 5.26 Å². The normalized spacial score (nSPS) is 10.0. The van der Waals surface area contributed by atoms with Crippen molar-refractivity contribution in [3.8, 4) is 6.07 Å². The highest BCUT2D eigenvalue weighted by atomic mass is 16.6. The average molecular weight is 188 g/mol. The Morgan fingerprint density at radius 3 is 2.71 bits per heavy atom. The van der Waals surface area contributed by atoms with Gasteiger partial charge in [0.15, 0.2) is 0 Å². The Bertz CT molecular complexity index is 335. The van der Waals surface area contributed by atoms with E-state index in [0.29, 0.717) is 12.2 Å². The van der Waals surface area contributed by atoms with E-state index in [9.17, 15) is 0 Å². The minimum absolute atomic E-state index is 0.447. The molecule has 14 heavy (non-hydrogen) atoms. The molecule has 3 heteroatoms. The largest absolute Gasteiger partial charge is 0.391 e. The molecule has 0 aliphatic heterocycles. The van der Waals surface area contributed by atoms with Crippen LogP contribution in [-0.2, 0) is 11.4 Å². The van der Waals surface area contributed by atoms with Crippen LogP contribution in [0.1, 0.15) is 24.5 Å². The van der Waals surface area contributed by atoms with Gasteiger partial charge in [-0.05, 0) is 24.1 Å². The van der Waals surface area contributed by atoms with Crippen LogP contribution in [-0.4, -0.2) is 6.21 Å². The number of hydrogen-bond acceptors (Lipinski definition) is 3. The van der Waals surface area contributed by atoms with Crippen molar-refractivity contribution in [2.75, 3.05) is 0 Å². The first-order valence-electron chi connectivity index (χ1n) is 4.49. The van der Waals surface area contributed by atoms with Gasteiger partial charge in [-0.25, -0.2) is 0 Å². The molecule has 72 valence electrons. The van der Waals surface area contributed by atoms with Crippen LogP contribution in [0.25, 0.3) is 0 Å². The monoisotopic (exact) mass is 188 g/mol. The molecule has 0 saturated carbocycles. The number of rotatable bonds is 4. The third-order valence-corrected chi connectivity index (χ3v) is 1.65. The molecule has 0 fully saturated rings. The fourth-order valence-electron chi connectivity index (χ4n) is 0.915. The topological polar surface area (TPSA) is 45.4 Å². The van der Waals surface area contributed by atoms with Crippen molar-refractivity contribution in [3.63, 3.8) is 0 Å². The molecule has 1 rings (SSSR count). The van der Waals surface area contributed by atoms with Crippen LogP contribution in [0.5, 0.6) is 0 Å². The summed E-state index contributed by atoms with van der Waals surface area (Å²) in [7, 11) is 0. The maximum Gasteiger partial charge on any atom is 0.142 e. The minimum Gasteiger partial charge on any atom is -0.391 e. The van der Waals surface area contributed by atoms with Gasteiger partial charge in [0, 0.05) is 6.21 Å². The smallest absolute Gasteiger partial charge is 0.142 e. The maximum absolute atomic E-state index is 8.57. The first-order valence-corrected chi connectivity index (χ1v) is 4.49. The highest BCUT2D eigenvalue weighted by Gasteiger charge is 1.93. The fraction of sp³-hybridized carbons (Fsp3) is 0.273. The number of hydrogen-bond donors (Lipinski definition) is 0. The third kappa shape index (κ3) is 3.28. The molecule has 0 bridgehead atoms. The second-order valence-corrected chi connectivity index (χ2v) is 2.78. The van der Waals surface area contributed by atoms with Gasteiger partial charge in [0.25, 0.3) is 0 Å². The van der Waals surface area contributed by atoms with Gasteiger partial charge in [0.05, 0.1) is 11.6 Å². The highest BCUT2D eigenvalue weighted by Crippen LogP contribution is 2.04. The molecule has 1 aromatic rings. The second-order valence-electron chi connectivity index (χ2n) is 2.78. The van der Waals surface area contributed by atoms with Gasteiger partial charge in [-0.3, -0.25) is 0 Å². The number of nitriles is 1. The third-order valence-electron chi connectivity index (χ3n) is 1.65. The van der Waals surface area contributed by atoms with Crippen LogP contribution >= 0.6 is 0 Å². The van der Waals surface area contributed by atoms with Gasteiger partial charge in [0.1, 0.15) is 6.61 Å². The molecular formula is C11H12N2O. The molecule has 0 unspecified atom stereocenters. The lowest BCUT2D eigenvalue weighted by molar-refractivity contribution is 0.131. The molecule has 0 amide bonds. The highest BCUT2D eigenvalue weighted by molar-refractivity contribution is 5.55. The van der Waals surface area contributed by atoms with Crippen LogP contribution in [0.4, 0.5) is 0 Å². The minimum atomic E-state index is 0.447. The summed E-state index contributed by atoms with van der Waals surface area (Å²) >= 11 is 0. The zero-order chi connectivity index (χ0) is 10.2. The lowest BCUT2D eigenvalue weighted by Crippen LogP contribution is -1.87. The van der Waals surface area contributed by atoms with Crippen molar-refractivity contribution >= 4 is 6.21 Å². The van der Waals surface area contributed by atoms with E-state index < -0.39 is 0 Å². The number of nitrogens with zero attached hydrogens (tertiary/aromatic N) is 2. The molecule has 0 heterocycles. The van der Waals surface area contributed by atoms with E-state index in [1.807, 2.05) is 19.1 Å². The number of oxime groups is 1. The molecule has 0 saturated heterocycles. The number of benzene rings is 1. The molecule has 0 atom stereocenters. The van der Waals surface area contributed by atoms with Crippen LogP contribution in [0.3, 0.4) is 0 Å². The van der Waals surface area contributed by atoms with Crippen LogP contribution in [0.2, 0.25) is 0 Å². The van der Waals surface area contributed by atoms with Crippen molar-refractivity contribution in [1.82, 2.24) is 0 Å². The fourth-order valence-corrected chi connectivity index (χ4v) is 0.915. The van der Waals surface area contributed by atoms with Crippen LogP contribution in [0, 0.1) is 11.3 Å². The Kier molecular flexibility index (Phi) is 4.22. The molecule has 0 aliphatic rings. The SMILES string of the molecule is CCC=NOCc1ccc(C#N)cc1. The van der Waals surface area contributed by atoms with E-state index in [1.165, 1.54) is 0 Å². The molecule has 0 radical (unpaired) electrons. The van der Waals surface area contributed by atoms with Gasteiger partial charge in [-0.2, -0.15) is 5.26 Å². The lowest BCUT2D eigenvalue weighted by Gasteiger charge is -1.98. The lowest BCUT2D eigenvalue weighted by atomic mass is 10.2. The molecular weight excluding hydrogens is 176 g/mol. The zero-order valence-electron chi connectivity index (χ0n) is 8.10. The van der Waals surface area contributed by atoms with Crippen molar-refractivity contribution in [2.24, 2.45) is 5.16 Å². The van der Waals surface area contributed by atoms with Gasteiger partial charge in [0.2, 0.25) is 0 Å². The Hall–Kier alpha value is -1.82. The summed E-state index contributed by atoms with van der Waals surface area (Å²) in [5.41, 5.74) is 1.67. The predicted molar refractivity (Wildman–Crippen MR) is 54.7 cm³/mol. The van der Waals surface area contributed by atoms with Gasteiger partial charge in [-0.15, -0.1) is 0 Å². The summed E-state index contributed by atoms with van der Waals surface area (Å²) in [5.74, 6) is 0. The summed E-state index contributed by atoms with van der Waals surface area (Å²) in [5, 5.41) is 12.3. The van der Waals surface area contributed by atoms with E-state index in [2.05, 4.69) is 11.2 Å². The van der Waals surface area contributed by atoms with E-state index in [1.54, 1.807) is 18.3 Å². The van der Waals surface area contributed by atoms with E-state index >= 15 is 0 Å². The predicted octanol–water partition coefficient (Wildman–Crippen LogP) is 2.47. The van der Waals surface area contributed by atoms with Crippen molar-refractivity contribution < 1.29 is 4.84 Å². The summed E-state index contributed by atoms with van der Waals surface area (Å²) in [4.78, 5) is 5.02. The average Bonchev–Trinajstić information content (AvgIpc) is 2.25. The van der Waals surface area contributed by atoms with Crippen LogP contribution < -0.4 is 0 Å². The molecule has 0 aliphatic carbocycles. The molecule has 1 aromatic carbocycles. The van der Waals surface area contributed by atoms with E-state index in [0.717, 1.165) is 12.0 Å². The zero-order valence-corrected chi connectivity index (χ0v) is 8.10. The van der Waals surface area contributed by atoms with Crippen LogP contribution in [0.15, 0.2) is 29.4 Å². The Balaban J connectivity index is 2.45. The molecule has 3 nitrogen and oxygen atoms in total. The van der Waals surface area contributed by atoms with Crippen molar-refractivity contribution in [3.05, 3.63) is 35.4 Å². The van der Waals surface area contributed by atoms with Gasteiger partial charge < -0.3 is 4.84 Å². The van der Waals surface area contributed by atoms with E-state index in [-0.39, 0.29) is 0 Å². The summed E-state index contributed by atoms with van der Waals surface area (Å²) in [6.45, 7) is 2.44. The molecule has 0 aromatic heterocycles.